The molecule has 2 atom stereocenters. The van der Waals surface area contributed by atoms with Gasteiger partial charge in [-0.2, -0.15) is 0 Å². The van der Waals surface area contributed by atoms with Crippen LogP contribution in [0.1, 0.15) is 35.2 Å². The average Bonchev–Trinajstić information content (AvgIpc) is 2.84. The number of anilines is 1. The SMILES string of the molecule is CN(CCCNC(=O)c1cccc(N2NC(=O)C3CC=CCC3C2=O)c1)Cc1ccccc1. The van der Waals surface area contributed by atoms with Gasteiger partial charge in [-0.25, -0.2) is 5.01 Å². The van der Waals surface area contributed by atoms with Crippen LogP contribution < -0.4 is 15.8 Å². The van der Waals surface area contributed by atoms with Gasteiger partial charge < -0.3 is 10.2 Å². The van der Waals surface area contributed by atoms with Crippen LogP contribution >= 0.6 is 0 Å². The standard InChI is InChI=1S/C26H30N4O3/c1-29(18-19-9-3-2-4-10-19)16-8-15-27-24(31)20-11-7-12-21(17-20)30-26(33)23-14-6-5-13-22(23)25(32)28-30/h2-7,9-12,17,22-23H,8,13-16,18H2,1H3,(H,27,31)(H,28,32). The monoisotopic (exact) mass is 446 g/mol. The summed E-state index contributed by atoms with van der Waals surface area (Å²) in [5.41, 5.74) is 4.92. The number of fused-ring (bicyclic) bond motifs is 1. The summed E-state index contributed by atoms with van der Waals surface area (Å²) in [6, 6.07) is 17.1. The van der Waals surface area contributed by atoms with Crippen LogP contribution in [-0.4, -0.2) is 42.8 Å². The Kier molecular flexibility index (Phi) is 7.19. The van der Waals surface area contributed by atoms with Crippen LogP contribution in [0.15, 0.2) is 66.7 Å². The molecule has 2 unspecified atom stereocenters. The zero-order chi connectivity index (χ0) is 23.2. The van der Waals surface area contributed by atoms with E-state index in [4.69, 9.17) is 0 Å². The molecule has 1 fully saturated rings. The number of hydrogen-bond acceptors (Lipinski definition) is 4. The maximum Gasteiger partial charge on any atom is 0.251 e. The predicted molar refractivity (Wildman–Crippen MR) is 127 cm³/mol. The molecule has 7 nitrogen and oxygen atoms in total. The third kappa shape index (κ3) is 5.49. The van der Waals surface area contributed by atoms with Crippen LogP contribution in [0.2, 0.25) is 0 Å². The minimum Gasteiger partial charge on any atom is -0.352 e. The number of hydrogen-bond donors (Lipinski definition) is 2. The molecule has 0 aromatic heterocycles. The number of carbonyl (C=O) groups is 3. The first-order valence-electron chi connectivity index (χ1n) is 11.4. The number of rotatable bonds is 8. The molecule has 2 aromatic carbocycles. The third-order valence-corrected chi connectivity index (χ3v) is 6.19. The van der Waals surface area contributed by atoms with Crippen LogP contribution in [0, 0.1) is 11.8 Å². The van der Waals surface area contributed by atoms with Gasteiger partial charge in [0.05, 0.1) is 17.5 Å². The van der Waals surface area contributed by atoms with E-state index in [-0.39, 0.29) is 29.6 Å². The van der Waals surface area contributed by atoms with Gasteiger partial charge in [0.25, 0.3) is 5.91 Å². The van der Waals surface area contributed by atoms with Crippen LogP contribution in [0.3, 0.4) is 0 Å². The fraction of sp³-hybridized carbons (Fsp3) is 0.346. The van der Waals surface area contributed by atoms with Gasteiger partial charge in [0.2, 0.25) is 11.8 Å². The Bertz CT molecular complexity index is 1040. The second-order valence-corrected chi connectivity index (χ2v) is 8.69. The van der Waals surface area contributed by atoms with Crippen molar-refractivity contribution in [3.8, 4) is 0 Å². The second-order valence-electron chi connectivity index (χ2n) is 8.69. The van der Waals surface area contributed by atoms with E-state index in [1.165, 1.54) is 10.6 Å². The van der Waals surface area contributed by atoms with Crippen molar-refractivity contribution in [1.82, 2.24) is 15.6 Å². The summed E-state index contributed by atoms with van der Waals surface area (Å²) in [7, 11) is 2.06. The summed E-state index contributed by atoms with van der Waals surface area (Å²) in [6.45, 7) is 2.28. The van der Waals surface area contributed by atoms with Gasteiger partial charge in [-0.05, 0) is 56.6 Å². The lowest BCUT2D eigenvalue weighted by Gasteiger charge is -2.38. The van der Waals surface area contributed by atoms with E-state index in [0.29, 0.717) is 30.6 Å². The summed E-state index contributed by atoms with van der Waals surface area (Å²) in [5, 5.41) is 4.24. The second kappa shape index (κ2) is 10.4. The lowest BCUT2D eigenvalue weighted by Crippen LogP contribution is -2.59. The molecule has 1 heterocycles. The molecular formula is C26H30N4O3. The van der Waals surface area contributed by atoms with E-state index >= 15 is 0 Å². The molecule has 172 valence electrons. The Balaban J connectivity index is 1.30. The predicted octanol–water partition coefficient (Wildman–Crippen LogP) is 2.90. The molecule has 1 aliphatic carbocycles. The molecule has 33 heavy (non-hydrogen) atoms. The van der Waals surface area contributed by atoms with Crippen molar-refractivity contribution in [3.63, 3.8) is 0 Å². The van der Waals surface area contributed by atoms with E-state index in [9.17, 15) is 14.4 Å². The Labute approximate surface area is 194 Å². The molecule has 0 bridgehead atoms. The molecule has 1 saturated heterocycles. The molecule has 2 aromatic rings. The molecular weight excluding hydrogens is 416 g/mol. The summed E-state index contributed by atoms with van der Waals surface area (Å²) >= 11 is 0. The van der Waals surface area contributed by atoms with Crippen molar-refractivity contribution in [2.24, 2.45) is 11.8 Å². The Hall–Kier alpha value is -3.45. The molecule has 4 rings (SSSR count). The van der Waals surface area contributed by atoms with Gasteiger partial charge in [0.15, 0.2) is 0 Å². The molecule has 3 amide bonds. The molecule has 2 N–H and O–H groups in total. The number of amides is 3. The molecule has 0 radical (unpaired) electrons. The smallest absolute Gasteiger partial charge is 0.251 e. The summed E-state index contributed by atoms with van der Waals surface area (Å²) in [6.07, 6.45) is 5.88. The van der Waals surface area contributed by atoms with E-state index in [0.717, 1.165) is 19.5 Å². The fourth-order valence-electron chi connectivity index (χ4n) is 4.40. The van der Waals surface area contributed by atoms with E-state index in [1.54, 1.807) is 24.3 Å². The lowest BCUT2D eigenvalue weighted by molar-refractivity contribution is -0.139. The summed E-state index contributed by atoms with van der Waals surface area (Å²) in [5.74, 6) is -1.16. The van der Waals surface area contributed by atoms with E-state index in [2.05, 4.69) is 34.8 Å². The quantitative estimate of drug-likeness (QED) is 0.483. The Morgan fingerprint density at radius 1 is 1.06 bits per heavy atom. The highest BCUT2D eigenvalue weighted by Gasteiger charge is 2.42. The van der Waals surface area contributed by atoms with E-state index < -0.39 is 0 Å². The fourth-order valence-corrected chi connectivity index (χ4v) is 4.40. The minimum absolute atomic E-state index is 0.136. The average molecular weight is 447 g/mol. The van der Waals surface area contributed by atoms with Gasteiger partial charge in [-0.15, -0.1) is 0 Å². The van der Waals surface area contributed by atoms with Crippen molar-refractivity contribution in [3.05, 3.63) is 77.9 Å². The lowest BCUT2D eigenvalue weighted by atomic mass is 9.80. The highest BCUT2D eigenvalue weighted by molar-refractivity contribution is 6.05. The number of nitrogens with one attached hydrogen (secondary N) is 2. The molecule has 1 aliphatic heterocycles. The maximum absolute atomic E-state index is 13.0. The minimum atomic E-state index is -0.353. The van der Waals surface area contributed by atoms with Crippen LogP contribution in [0.4, 0.5) is 5.69 Å². The zero-order valence-corrected chi connectivity index (χ0v) is 18.9. The first kappa shape index (κ1) is 22.7. The van der Waals surface area contributed by atoms with Gasteiger partial charge in [0.1, 0.15) is 0 Å². The molecule has 2 aliphatic rings. The van der Waals surface area contributed by atoms with Crippen molar-refractivity contribution in [2.75, 3.05) is 25.1 Å². The van der Waals surface area contributed by atoms with Crippen LogP contribution in [-0.2, 0) is 16.1 Å². The van der Waals surface area contributed by atoms with Gasteiger partial charge >= 0.3 is 0 Å². The largest absolute Gasteiger partial charge is 0.352 e. The molecule has 7 heteroatoms. The summed E-state index contributed by atoms with van der Waals surface area (Å²) < 4.78 is 0. The topological polar surface area (TPSA) is 81.8 Å². The Morgan fingerprint density at radius 2 is 1.82 bits per heavy atom. The number of allylic oxidation sites excluding steroid dienone is 2. The number of benzene rings is 2. The maximum atomic E-state index is 13.0. The highest BCUT2D eigenvalue weighted by Crippen LogP contribution is 2.32. The van der Waals surface area contributed by atoms with Gasteiger partial charge in [-0.3, -0.25) is 19.8 Å². The number of carbonyl (C=O) groups excluding carboxylic acids is 3. The normalized spacial score (nSPS) is 19.9. The number of hydrazine groups is 1. The summed E-state index contributed by atoms with van der Waals surface area (Å²) in [4.78, 5) is 40.4. The first-order valence-corrected chi connectivity index (χ1v) is 11.4. The van der Waals surface area contributed by atoms with Gasteiger partial charge in [0, 0.05) is 18.7 Å². The van der Waals surface area contributed by atoms with Crippen LogP contribution in [0.25, 0.3) is 0 Å². The first-order chi connectivity index (χ1) is 16.0. The Morgan fingerprint density at radius 3 is 2.61 bits per heavy atom. The highest BCUT2D eigenvalue weighted by atomic mass is 16.2. The van der Waals surface area contributed by atoms with Crippen molar-refractivity contribution in [2.45, 2.75) is 25.8 Å². The van der Waals surface area contributed by atoms with Crippen molar-refractivity contribution in [1.29, 1.82) is 0 Å². The van der Waals surface area contributed by atoms with E-state index in [1.807, 2.05) is 30.4 Å². The van der Waals surface area contributed by atoms with Gasteiger partial charge in [-0.1, -0.05) is 48.6 Å². The zero-order valence-electron chi connectivity index (χ0n) is 18.9. The number of nitrogens with zero attached hydrogens (tertiary/aromatic N) is 2. The van der Waals surface area contributed by atoms with Crippen molar-refractivity contribution < 1.29 is 14.4 Å². The van der Waals surface area contributed by atoms with Crippen molar-refractivity contribution >= 4 is 23.4 Å². The molecule has 0 spiro atoms. The third-order valence-electron chi connectivity index (χ3n) is 6.19. The molecule has 0 saturated carbocycles. The van der Waals surface area contributed by atoms with Crippen LogP contribution in [0.5, 0.6) is 0 Å².